The number of rotatable bonds is 4. The average Bonchev–Trinajstić information content (AvgIpc) is 2.41. The standard InChI is InChI=1S/C14H18BrFN2O/c15-10-6-7-12(16)13(8-10)17-9-14(19)18-11-4-2-1-3-5-11/h6-8,11,17H,1-5,9H2,(H,18,19). The van der Waals surface area contributed by atoms with E-state index in [1.807, 2.05) is 0 Å². The first kappa shape index (κ1) is 14.3. The van der Waals surface area contributed by atoms with Gasteiger partial charge in [-0.2, -0.15) is 0 Å². The second-order valence-electron chi connectivity index (χ2n) is 4.88. The Balaban J connectivity index is 1.81. The molecule has 0 atom stereocenters. The Kier molecular flexibility index (Phi) is 5.19. The summed E-state index contributed by atoms with van der Waals surface area (Å²) in [6, 6.07) is 4.91. The van der Waals surface area contributed by atoms with E-state index < -0.39 is 0 Å². The fourth-order valence-electron chi connectivity index (χ4n) is 2.33. The van der Waals surface area contributed by atoms with Crippen molar-refractivity contribution in [2.24, 2.45) is 0 Å². The van der Waals surface area contributed by atoms with Crippen LogP contribution in [0.2, 0.25) is 0 Å². The minimum absolute atomic E-state index is 0.0775. The fraction of sp³-hybridized carbons (Fsp3) is 0.500. The minimum atomic E-state index is -0.353. The van der Waals surface area contributed by atoms with Crippen LogP contribution in [-0.4, -0.2) is 18.5 Å². The highest BCUT2D eigenvalue weighted by molar-refractivity contribution is 9.10. The zero-order valence-electron chi connectivity index (χ0n) is 10.7. The lowest BCUT2D eigenvalue weighted by atomic mass is 9.95. The molecule has 0 radical (unpaired) electrons. The quantitative estimate of drug-likeness (QED) is 0.888. The van der Waals surface area contributed by atoms with Gasteiger partial charge in [-0.3, -0.25) is 4.79 Å². The first-order valence-electron chi connectivity index (χ1n) is 6.63. The molecule has 0 aliphatic heterocycles. The number of amides is 1. The molecule has 1 fully saturated rings. The van der Waals surface area contributed by atoms with Gasteiger partial charge in [-0.05, 0) is 31.0 Å². The maximum Gasteiger partial charge on any atom is 0.239 e. The van der Waals surface area contributed by atoms with Crippen LogP contribution in [0, 0.1) is 5.82 Å². The molecule has 1 aromatic carbocycles. The van der Waals surface area contributed by atoms with Crippen molar-refractivity contribution in [2.75, 3.05) is 11.9 Å². The number of anilines is 1. The predicted octanol–water partition coefficient (Wildman–Crippen LogP) is 3.45. The van der Waals surface area contributed by atoms with Crippen molar-refractivity contribution in [3.8, 4) is 0 Å². The molecule has 5 heteroatoms. The van der Waals surface area contributed by atoms with E-state index in [9.17, 15) is 9.18 Å². The van der Waals surface area contributed by atoms with Crippen molar-refractivity contribution in [3.63, 3.8) is 0 Å². The van der Waals surface area contributed by atoms with Gasteiger partial charge in [0.05, 0.1) is 12.2 Å². The number of hydrogen-bond donors (Lipinski definition) is 2. The first-order valence-corrected chi connectivity index (χ1v) is 7.43. The summed E-state index contributed by atoms with van der Waals surface area (Å²) in [7, 11) is 0. The summed E-state index contributed by atoms with van der Waals surface area (Å²) < 4.78 is 14.2. The topological polar surface area (TPSA) is 41.1 Å². The van der Waals surface area contributed by atoms with Gasteiger partial charge in [0, 0.05) is 10.5 Å². The largest absolute Gasteiger partial charge is 0.374 e. The lowest BCUT2D eigenvalue weighted by molar-refractivity contribution is -0.120. The Bertz CT molecular complexity index is 447. The zero-order chi connectivity index (χ0) is 13.7. The SMILES string of the molecule is O=C(CNc1cc(Br)ccc1F)NC1CCCCC1. The molecule has 2 rings (SSSR count). The summed E-state index contributed by atoms with van der Waals surface area (Å²) >= 11 is 3.28. The molecule has 1 saturated carbocycles. The summed E-state index contributed by atoms with van der Waals surface area (Å²) in [5.41, 5.74) is 0.341. The van der Waals surface area contributed by atoms with Gasteiger partial charge in [0.1, 0.15) is 5.82 Å². The van der Waals surface area contributed by atoms with Gasteiger partial charge in [-0.15, -0.1) is 0 Å². The predicted molar refractivity (Wildman–Crippen MR) is 77.6 cm³/mol. The van der Waals surface area contributed by atoms with Gasteiger partial charge in [0.25, 0.3) is 0 Å². The van der Waals surface area contributed by atoms with Crippen LogP contribution < -0.4 is 10.6 Å². The summed E-state index contributed by atoms with van der Waals surface area (Å²) in [5, 5.41) is 5.81. The van der Waals surface area contributed by atoms with Crippen LogP contribution in [0.3, 0.4) is 0 Å². The highest BCUT2D eigenvalue weighted by atomic mass is 79.9. The lowest BCUT2D eigenvalue weighted by Crippen LogP contribution is -2.39. The smallest absolute Gasteiger partial charge is 0.239 e. The maximum absolute atomic E-state index is 13.5. The van der Waals surface area contributed by atoms with Crippen molar-refractivity contribution in [3.05, 3.63) is 28.5 Å². The van der Waals surface area contributed by atoms with Gasteiger partial charge < -0.3 is 10.6 Å². The molecule has 0 aromatic heterocycles. The Morgan fingerprint density at radius 3 is 2.79 bits per heavy atom. The lowest BCUT2D eigenvalue weighted by Gasteiger charge is -2.22. The van der Waals surface area contributed by atoms with E-state index in [-0.39, 0.29) is 24.3 Å². The van der Waals surface area contributed by atoms with E-state index in [0.29, 0.717) is 5.69 Å². The van der Waals surface area contributed by atoms with E-state index in [0.717, 1.165) is 17.3 Å². The van der Waals surface area contributed by atoms with E-state index in [1.165, 1.54) is 25.3 Å². The number of carbonyl (C=O) groups excluding carboxylic acids is 1. The van der Waals surface area contributed by atoms with E-state index >= 15 is 0 Å². The van der Waals surface area contributed by atoms with Crippen molar-refractivity contribution in [2.45, 2.75) is 38.1 Å². The molecule has 0 unspecified atom stereocenters. The molecule has 3 nitrogen and oxygen atoms in total. The van der Waals surface area contributed by atoms with Gasteiger partial charge in [0.2, 0.25) is 5.91 Å². The Hall–Kier alpha value is -1.10. The Morgan fingerprint density at radius 2 is 2.05 bits per heavy atom. The first-order chi connectivity index (χ1) is 9.15. The molecule has 1 aliphatic carbocycles. The molecular weight excluding hydrogens is 311 g/mol. The van der Waals surface area contributed by atoms with Crippen molar-refractivity contribution in [1.82, 2.24) is 5.32 Å². The van der Waals surface area contributed by atoms with Crippen molar-refractivity contribution < 1.29 is 9.18 Å². The summed E-state index contributed by atoms with van der Waals surface area (Å²) in [6.07, 6.45) is 5.72. The van der Waals surface area contributed by atoms with Crippen LogP contribution in [-0.2, 0) is 4.79 Å². The third-order valence-electron chi connectivity index (χ3n) is 3.34. The molecule has 0 heterocycles. The molecule has 1 amide bonds. The fourth-order valence-corrected chi connectivity index (χ4v) is 2.70. The van der Waals surface area contributed by atoms with Crippen LogP contribution in [0.15, 0.2) is 22.7 Å². The molecular formula is C14H18BrFN2O. The number of carbonyl (C=O) groups is 1. The van der Waals surface area contributed by atoms with Crippen LogP contribution in [0.1, 0.15) is 32.1 Å². The number of nitrogens with one attached hydrogen (secondary N) is 2. The summed E-state index contributed by atoms with van der Waals surface area (Å²) in [6.45, 7) is 0.101. The molecule has 104 valence electrons. The van der Waals surface area contributed by atoms with Crippen LogP contribution >= 0.6 is 15.9 Å². The Morgan fingerprint density at radius 1 is 1.32 bits per heavy atom. The molecule has 0 saturated heterocycles. The van der Waals surface area contributed by atoms with Gasteiger partial charge in [-0.25, -0.2) is 4.39 Å². The highest BCUT2D eigenvalue weighted by Crippen LogP contribution is 2.20. The molecule has 0 bridgehead atoms. The second-order valence-corrected chi connectivity index (χ2v) is 5.80. The van der Waals surface area contributed by atoms with Gasteiger partial charge in [0.15, 0.2) is 0 Å². The molecule has 19 heavy (non-hydrogen) atoms. The van der Waals surface area contributed by atoms with Crippen LogP contribution in [0.4, 0.5) is 10.1 Å². The Labute approximate surface area is 121 Å². The van der Waals surface area contributed by atoms with Crippen molar-refractivity contribution in [1.29, 1.82) is 0 Å². The molecule has 1 aliphatic rings. The number of hydrogen-bond acceptors (Lipinski definition) is 2. The van der Waals surface area contributed by atoms with Crippen LogP contribution in [0.25, 0.3) is 0 Å². The maximum atomic E-state index is 13.5. The molecule has 2 N–H and O–H groups in total. The number of benzene rings is 1. The van der Waals surface area contributed by atoms with Gasteiger partial charge >= 0.3 is 0 Å². The molecule has 1 aromatic rings. The zero-order valence-corrected chi connectivity index (χ0v) is 12.3. The normalized spacial score (nSPS) is 16.1. The van der Waals surface area contributed by atoms with Gasteiger partial charge in [-0.1, -0.05) is 35.2 Å². The number of halogens is 2. The third-order valence-corrected chi connectivity index (χ3v) is 3.83. The summed E-state index contributed by atoms with van der Waals surface area (Å²) in [4.78, 5) is 11.8. The highest BCUT2D eigenvalue weighted by Gasteiger charge is 2.15. The minimum Gasteiger partial charge on any atom is -0.374 e. The second kappa shape index (κ2) is 6.89. The summed E-state index contributed by atoms with van der Waals surface area (Å²) in [5.74, 6) is -0.431. The molecule has 0 spiro atoms. The van der Waals surface area contributed by atoms with E-state index in [4.69, 9.17) is 0 Å². The van der Waals surface area contributed by atoms with E-state index in [1.54, 1.807) is 12.1 Å². The average molecular weight is 329 g/mol. The van der Waals surface area contributed by atoms with E-state index in [2.05, 4.69) is 26.6 Å². The van der Waals surface area contributed by atoms with Crippen molar-refractivity contribution >= 4 is 27.5 Å². The monoisotopic (exact) mass is 328 g/mol. The van der Waals surface area contributed by atoms with Crippen LogP contribution in [0.5, 0.6) is 0 Å². The third kappa shape index (κ3) is 4.49.